The largest absolute Gasteiger partial charge is 0.373 e. The minimum Gasteiger partial charge on any atom is -0.373 e. The average molecular weight is 861 g/mol. The van der Waals surface area contributed by atoms with Crippen molar-refractivity contribution in [3.05, 3.63) is 166 Å². The van der Waals surface area contributed by atoms with Crippen LogP contribution in [0.15, 0.2) is 132 Å². The molecule has 4 aromatic carbocycles. The number of fused-ring (bicyclic) bond motifs is 4. The van der Waals surface area contributed by atoms with Crippen LogP contribution in [0.5, 0.6) is 0 Å². The quantitative estimate of drug-likeness (QED) is 0.171. The first-order valence-corrected chi connectivity index (χ1v) is 20.9. The molecule has 320 valence electrons. The number of hydrogen-bond donors (Lipinski definition) is 2. The molecule has 2 unspecified atom stereocenters. The van der Waals surface area contributed by atoms with Gasteiger partial charge in [-0.05, 0) is 61.1 Å². The Bertz CT molecular complexity index is 3210. The van der Waals surface area contributed by atoms with Gasteiger partial charge >= 0.3 is 11.4 Å². The summed E-state index contributed by atoms with van der Waals surface area (Å²) in [4.78, 5) is 58.1. The van der Waals surface area contributed by atoms with Crippen LogP contribution in [0.4, 0.5) is 8.78 Å². The lowest BCUT2D eigenvalue weighted by atomic mass is 9.97. The first kappa shape index (κ1) is 39.2. The van der Waals surface area contributed by atoms with E-state index < -0.39 is 0 Å². The van der Waals surface area contributed by atoms with Crippen LogP contribution in [0.2, 0.25) is 0 Å². The van der Waals surface area contributed by atoms with Crippen LogP contribution >= 0.6 is 0 Å². The van der Waals surface area contributed by atoms with Gasteiger partial charge in [0.05, 0.1) is 46.7 Å². The summed E-state index contributed by atoms with van der Waals surface area (Å²) in [5, 5.41) is 0. The molecule has 2 saturated heterocycles. The number of nitrogens with zero attached hydrogens (tertiary/aromatic N) is 10. The zero-order valence-electron chi connectivity index (χ0n) is 34.0. The van der Waals surface area contributed by atoms with E-state index >= 15 is 0 Å². The lowest BCUT2D eigenvalue weighted by Crippen LogP contribution is -2.29. The Morgan fingerprint density at radius 3 is 1.44 bits per heavy atom. The number of rotatable bonds is 6. The van der Waals surface area contributed by atoms with E-state index in [4.69, 9.17) is 9.47 Å². The highest BCUT2D eigenvalue weighted by Gasteiger charge is 2.30. The highest BCUT2D eigenvalue weighted by atomic mass is 19.1. The van der Waals surface area contributed by atoms with Crippen molar-refractivity contribution in [1.29, 1.82) is 0 Å². The zero-order valence-corrected chi connectivity index (χ0v) is 34.0. The Balaban J connectivity index is 0.000000143. The summed E-state index contributed by atoms with van der Waals surface area (Å²) in [6.07, 6.45) is 8.82. The van der Waals surface area contributed by atoms with E-state index in [1.54, 1.807) is 55.4 Å². The van der Waals surface area contributed by atoms with Gasteiger partial charge in [0.25, 0.3) is 0 Å². The van der Waals surface area contributed by atoms with Gasteiger partial charge in [0.1, 0.15) is 35.3 Å². The van der Waals surface area contributed by atoms with Gasteiger partial charge in [-0.15, -0.1) is 0 Å². The van der Waals surface area contributed by atoms with Crippen LogP contribution in [0.1, 0.15) is 61.1 Å². The number of imidazole rings is 4. The van der Waals surface area contributed by atoms with Crippen molar-refractivity contribution in [3.8, 4) is 11.9 Å². The Kier molecular flexibility index (Phi) is 9.92. The molecular formula is C46H38F2N12O4. The van der Waals surface area contributed by atoms with Crippen LogP contribution in [0, 0.1) is 11.6 Å². The summed E-state index contributed by atoms with van der Waals surface area (Å²) >= 11 is 0. The topological polar surface area (TPSA) is 181 Å². The second kappa shape index (κ2) is 16.2. The van der Waals surface area contributed by atoms with Gasteiger partial charge in [-0.3, -0.25) is 18.3 Å². The number of hydrogen-bond acceptors (Lipinski definition) is 10. The van der Waals surface area contributed by atoms with Crippen molar-refractivity contribution < 1.29 is 18.3 Å². The third-order valence-corrected chi connectivity index (χ3v) is 11.9. The maximum atomic E-state index is 13.8. The van der Waals surface area contributed by atoms with Crippen molar-refractivity contribution in [2.45, 2.75) is 50.0 Å². The Labute approximate surface area is 360 Å². The molecule has 2 aliphatic rings. The Morgan fingerprint density at radius 1 is 0.562 bits per heavy atom. The van der Waals surface area contributed by atoms with Gasteiger partial charge in [-0.2, -0.15) is 9.97 Å². The minimum absolute atomic E-state index is 0.0741. The monoisotopic (exact) mass is 860 g/mol. The minimum atomic E-state index is -0.368. The number of aromatic amines is 2. The fourth-order valence-corrected chi connectivity index (χ4v) is 8.83. The lowest BCUT2D eigenvalue weighted by molar-refractivity contribution is -0.00705. The van der Waals surface area contributed by atoms with Gasteiger partial charge in [-0.25, -0.2) is 38.3 Å². The molecule has 0 aliphatic carbocycles. The molecule has 16 nitrogen and oxygen atoms in total. The fourth-order valence-electron chi connectivity index (χ4n) is 8.83. The fraction of sp³-hybridized carbons (Fsp3) is 0.217. The number of nitrogens with one attached hydrogen (secondary N) is 2. The molecular weight excluding hydrogens is 823 g/mol. The molecule has 0 spiro atoms. The van der Waals surface area contributed by atoms with Crippen LogP contribution in [0.3, 0.4) is 0 Å². The number of benzene rings is 4. The number of H-pyrrole nitrogens is 2. The summed E-state index contributed by atoms with van der Waals surface area (Å²) in [5.41, 5.74) is 6.24. The van der Waals surface area contributed by atoms with Gasteiger partial charge < -0.3 is 19.4 Å². The molecule has 0 amide bonds. The lowest BCUT2D eigenvalue weighted by Gasteiger charge is -2.30. The third-order valence-electron chi connectivity index (χ3n) is 11.9. The first-order chi connectivity index (χ1) is 31.3. The molecule has 18 heteroatoms. The van der Waals surface area contributed by atoms with Crippen molar-refractivity contribution >= 4 is 44.4 Å². The van der Waals surface area contributed by atoms with Crippen molar-refractivity contribution in [1.82, 2.24) is 58.1 Å². The average Bonchev–Trinajstić information content (AvgIpc) is 4.11. The standard InChI is InChI=1S/2C23H19FN6O2/c2*24-15-6-7-17-19(10-15)29(13-26-17)22-25-12-18-21(28-22)30(23(31)27-18)16-8-9-32-20(11-16)14-4-2-1-3-5-14/h2*1-7,10,12-13,16,20H,8-9,11H2,(H,27,31)/t2*16?,20-/m11/s1. The normalized spacial score (nSPS) is 19.0. The second-order valence-electron chi connectivity index (χ2n) is 15.8. The highest BCUT2D eigenvalue weighted by molar-refractivity contribution is 5.78. The third kappa shape index (κ3) is 7.21. The van der Waals surface area contributed by atoms with Crippen LogP contribution in [-0.2, 0) is 9.47 Å². The van der Waals surface area contributed by atoms with E-state index in [1.807, 2.05) is 60.7 Å². The number of ether oxygens (including phenoxy) is 2. The van der Waals surface area contributed by atoms with E-state index in [1.165, 1.54) is 24.3 Å². The van der Waals surface area contributed by atoms with Crippen molar-refractivity contribution in [2.75, 3.05) is 13.2 Å². The molecule has 4 atom stereocenters. The van der Waals surface area contributed by atoms with E-state index in [-0.39, 0.29) is 47.3 Å². The molecule has 8 heterocycles. The summed E-state index contributed by atoms with van der Waals surface area (Å²) < 4.78 is 46.2. The smallest absolute Gasteiger partial charge is 0.327 e. The molecule has 10 aromatic rings. The summed E-state index contributed by atoms with van der Waals surface area (Å²) in [7, 11) is 0. The molecule has 12 rings (SSSR count). The molecule has 2 fully saturated rings. The van der Waals surface area contributed by atoms with Crippen molar-refractivity contribution in [3.63, 3.8) is 0 Å². The summed E-state index contributed by atoms with van der Waals surface area (Å²) in [6, 6.07) is 28.6. The van der Waals surface area contributed by atoms with E-state index in [0.717, 1.165) is 11.1 Å². The maximum Gasteiger partial charge on any atom is 0.327 e. The van der Waals surface area contributed by atoms with Crippen LogP contribution in [0.25, 0.3) is 56.3 Å². The summed E-state index contributed by atoms with van der Waals surface area (Å²) in [5.74, 6) is -0.0869. The number of aromatic nitrogens is 12. The molecule has 64 heavy (non-hydrogen) atoms. The highest BCUT2D eigenvalue weighted by Crippen LogP contribution is 2.36. The predicted octanol–water partition coefficient (Wildman–Crippen LogP) is 7.38. The van der Waals surface area contributed by atoms with Gasteiger partial charge in [0.15, 0.2) is 11.3 Å². The summed E-state index contributed by atoms with van der Waals surface area (Å²) in [6.45, 7) is 1.10. The molecule has 0 bridgehead atoms. The van der Waals surface area contributed by atoms with E-state index in [9.17, 15) is 18.4 Å². The Hall–Kier alpha value is -7.70. The van der Waals surface area contributed by atoms with Crippen molar-refractivity contribution in [2.24, 2.45) is 0 Å². The zero-order chi connectivity index (χ0) is 43.3. The number of halogens is 2. The van der Waals surface area contributed by atoms with Gasteiger partial charge in [0.2, 0.25) is 11.9 Å². The first-order valence-electron chi connectivity index (χ1n) is 20.9. The molecule has 2 N–H and O–H groups in total. The van der Waals surface area contributed by atoms with Gasteiger partial charge in [0, 0.05) is 37.4 Å². The van der Waals surface area contributed by atoms with Crippen LogP contribution in [-0.4, -0.2) is 71.4 Å². The molecule has 0 saturated carbocycles. The second-order valence-corrected chi connectivity index (χ2v) is 15.8. The maximum absolute atomic E-state index is 13.8. The van der Waals surface area contributed by atoms with E-state index in [0.29, 0.717) is 95.2 Å². The van der Waals surface area contributed by atoms with E-state index in [2.05, 4.69) is 39.9 Å². The molecule has 2 aliphatic heterocycles. The SMILES string of the molecule is O=c1[nH]c2cnc(-n3cnc4ccc(F)cc43)nc2n1C1CCO[C@@H](c2ccccc2)C1.O=c1[nH]c2cnc(-n3cnc4ccc(F)cc43)nc2n1C1CCO[C@@H](c2ccccc2)C1. The molecule has 0 radical (unpaired) electrons. The molecule has 6 aromatic heterocycles. The Morgan fingerprint density at radius 2 is 1.00 bits per heavy atom. The van der Waals surface area contributed by atoms with Crippen LogP contribution < -0.4 is 11.4 Å². The van der Waals surface area contributed by atoms with Gasteiger partial charge in [-0.1, -0.05) is 60.7 Å². The predicted molar refractivity (Wildman–Crippen MR) is 232 cm³/mol.